The zero-order valence-corrected chi connectivity index (χ0v) is 19.7. The lowest BCUT2D eigenvalue weighted by molar-refractivity contribution is -0.152. The number of hydrogen-bond donors (Lipinski definition) is 2. The summed E-state index contributed by atoms with van der Waals surface area (Å²) in [4.78, 5) is 38.0. The number of aromatic hydroxyl groups is 1. The molecule has 9 heteroatoms. The first-order valence-electron chi connectivity index (χ1n) is 11.0. The molecule has 180 valence electrons. The first-order chi connectivity index (χ1) is 16.9. The molecule has 0 aromatic heterocycles. The van der Waals surface area contributed by atoms with E-state index >= 15 is 0 Å². The van der Waals surface area contributed by atoms with Crippen LogP contribution >= 0.6 is 11.6 Å². The highest BCUT2D eigenvalue weighted by Crippen LogP contribution is 2.32. The molecule has 8 nitrogen and oxygen atoms in total. The average Bonchev–Trinajstić information content (AvgIpc) is 3.28. The number of phenols is 1. The van der Waals surface area contributed by atoms with E-state index < -0.39 is 11.9 Å². The van der Waals surface area contributed by atoms with E-state index in [-0.39, 0.29) is 30.4 Å². The molecule has 35 heavy (non-hydrogen) atoms. The lowest BCUT2D eigenvalue weighted by atomic mass is 10.1. The SMILES string of the molecule is CCOC(=O)C(=O)Nc1ccc(COc2ccc(O)c(C(=O)N3CCc4ccccc43)c2)c(Cl)c1. The van der Waals surface area contributed by atoms with Crippen LogP contribution in [0, 0.1) is 0 Å². The molecular formula is C26H23ClN2O6. The minimum Gasteiger partial charge on any atom is -0.507 e. The Morgan fingerprint density at radius 2 is 1.89 bits per heavy atom. The molecule has 0 spiro atoms. The van der Waals surface area contributed by atoms with E-state index in [1.54, 1.807) is 30.0 Å². The quantitative estimate of drug-likeness (QED) is 0.390. The minimum atomic E-state index is -0.980. The second-order valence-corrected chi connectivity index (χ2v) is 8.19. The Morgan fingerprint density at radius 3 is 2.66 bits per heavy atom. The number of esters is 1. The zero-order valence-electron chi connectivity index (χ0n) is 18.9. The van der Waals surface area contributed by atoms with Gasteiger partial charge in [-0.05, 0) is 55.3 Å². The predicted molar refractivity (Wildman–Crippen MR) is 131 cm³/mol. The Kier molecular flexibility index (Phi) is 7.22. The third kappa shape index (κ3) is 5.38. The number of nitrogens with zero attached hydrogens (tertiary/aromatic N) is 1. The van der Waals surface area contributed by atoms with Crippen LogP contribution in [0.4, 0.5) is 11.4 Å². The fourth-order valence-electron chi connectivity index (χ4n) is 3.75. The Morgan fingerprint density at radius 1 is 1.09 bits per heavy atom. The highest BCUT2D eigenvalue weighted by atomic mass is 35.5. The molecule has 1 aliphatic rings. The molecule has 0 fully saturated rings. The monoisotopic (exact) mass is 494 g/mol. The molecule has 0 atom stereocenters. The highest BCUT2D eigenvalue weighted by Gasteiger charge is 2.27. The molecule has 0 bridgehead atoms. The van der Waals surface area contributed by atoms with Crippen LogP contribution in [0.25, 0.3) is 0 Å². The third-order valence-corrected chi connectivity index (χ3v) is 5.85. The molecule has 0 radical (unpaired) electrons. The van der Waals surface area contributed by atoms with Gasteiger partial charge in [-0.2, -0.15) is 0 Å². The van der Waals surface area contributed by atoms with Crippen LogP contribution in [0.2, 0.25) is 5.02 Å². The van der Waals surface area contributed by atoms with Gasteiger partial charge in [0.1, 0.15) is 18.1 Å². The number of carbonyl (C=O) groups excluding carboxylic acids is 3. The van der Waals surface area contributed by atoms with E-state index in [1.807, 2.05) is 24.3 Å². The second-order valence-electron chi connectivity index (χ2n) is 7.78. The maximum atomic E-state index is 13.1. The first-order valence-corrected chi connectivity index (χ1v) is 11.4. The van der Waals surface area contributed by atoms with Crippen molar-refractivity contribution in [2.24, 2.45) is 0 Å². The number of fused-ring (bicyclic) bond motifs is 1. The van der Waals surface area contributed by atoms with Gasteiger partial charge in [0.05, 0.1) is 12.2 Å². The van der Waals surface area contributed by atoms with Crippen molar-refractivity contribution in [3.63, 3.8) is 0 Å². The smallest absolute Gasteiger partial charge is 0.397 e. The van der Waals surface area contributed by atoms with E-state index in [1.165, 1.54) is 18.2 Å². The van der Waals surface area contributed by atoms with Crippen molar-refractivity contribution in [3.8, 4) is 11.5 Å². The highest BCUT2D eigenvalue weighted by molar-refractivity contribution is 6.37. The number of nitrogens with one attached hydrogen (secondary N) is 1. The summed E-state index contributed by atoms with van der Waals surface area (Å²) in [5.41, 5.74) is 3.02. The van der Waals surface area contributed by atoms with E-state index in [0.29, 0.717) is 28.6 Å². The Balaban J connectivity index is 1.44. The maximum absolute atomic E-state index is 13.1. The fraction of sp³-hybridized carbons (Fsp3) is 0.192. The van der Waals surface area contributed by atoms with Crippen molar-refractivity contribution >= 4 is 40.8 Å². The molecule has 1 heterocycles. The molecule has 0 unspecified atom stereocenters. The molecule has 0 saturated carbocycles. The van der Waals surface area contributed by atoms with Crippen LogP contribution in [-0.4, -0.2) is 36.0 Å². The van der Waals surface area contributed by atoms with E-state index in [4.69, 9.17) is 16.3 Å². The summed E-state index contributed by atoms with van der Waals surface area (Å²) in [6, 6.07) is 16.9. The zero-order chi connectivity index (χ0) is 24.9. The summed E-state index contributed by atoms with van der Waals surface area (Å²) >= 11 is 6.31. The molecule has 4 rings (SSSR count). The third-order valence-electron chi connectivity index (χ3n) is 5.50. The minimum absolute atomic E-state index is 0.0793. The molecule has 3 aromatic carbocycles. The number of phenolic OH excluding ortho intramolecular Hbond substituents is 1. The number of carbonyl (C=O) groups is 3. The Bertz CT molecular complexity index is 1290. The van der Waals surface area contributed by atoms with E-state index in [2.05, 4.69) is 10.1 Å². The van der Waals surface area contributed by atoms with Crippen LogP contribution in [0.1, 0.15) is 28.4 Å². The summed E-state index contributed by atoms with van der Waals surface area (Å²) < 4.78 is 10.5. The van der Waals surface area contributed by atoms with Gasteiger partial charge in [0, 0.05) is 28.5 Å². The van der Waals surface area contributed by atoms with Crippen molar-refractivity contribution in [2.75, 3.05) is 23.4 Å². The predicted octanol–water partition coefficient (Wildman–Crippen LogP) is 4.33. The van der Waals surface area contributed by atoms with Gasteiger partial charge in [-0.3, -0.25) is 9.59 Å². The van der Waals surface area contributed by atoms with Gasteiger partial charge in [-0.25, -0.2) is 4.79 Å². The van der Waals surface area contributed by atoms with Gasteiger partial charge in [-0.15, -0.1) is 0 Å². The number of amides is 2. The van der Waals surface area contributed by atoms with Crippen LogP contribution in [-0.2, 0) is 27.4 Å². The number of benzene rings is 3. The summed E-state index contributed by atoms with van der Waals surface area (Å²) in [7, 11) is 0. The molecule has 3 aromatic rings. The Hall–Kier alpha value is -4.04. The van der Waals surface area contributed by atoms with Crippen molar-refractivity contribution in [3.05, 3.63) is 82.4 Å². The van der Waals surface area contributed by atoms with Gasteiger partial charge in [0.15, 0.2) is 0 Å². The van der Waals surface area contributed by atoms with E-state index in [0.717, 1.165) is 17.7 Å². The standard InChI is InChI=1S/C26H23ClN2O6/c1-2-34-26(33)24(31)28-18-8-7-17(21(27)13-18)15-35-19-9-10-23(30)20(14-19)25(32)29-12-11-16-5-3-4-6-22(16)29/h3-10,13-14,30H,2,11-12,15H2,1H3,(H,28,31). The topological polar surface area (TPSA) is 105 Å². The van der Waals surface area contributed by atoms with E-state index in [9.17, 15) is 19.5 Å². The maximum Gasteiger partial charge on any atom is 0.397 e. The lowest BCUT2D eigenvalue weighted by Gasteiger charge is -2.18. The number of ether oxygens (including phenoxy) is 2. The summed E-state index contributed by atoms with van der Waals surface area (Å²) in [6.07, 6.45) is 0.758. The number of para-hydroxylation sites is 1. The number of anilines is 2. The molecule has 0 saturated heterocycles. The normalized spacial score (nSPS) is 12.1. The van der Waals surface area contributed by atoms with Gasteiger partial charge < -0.3 is 24.8 Å². The van der Waals surface area contributed by atoms with Crippen molar-refractivity contribution in [1.82, 2.24) is 0 Å². The van der Waals surface area contributed by atoms with Crippen LogP contribution in [0.5, 0.6) is 11.5 Å². The van der Waals surface area contributed by atoms with Gasteiger partial charge in [0.25, 0.3) is 5.91 Å². The number of hydrogen-bond acceptors (Lipinski definition) is 6. The number of halogens is 1. The molecule has 2 amide bonds. The largest absolute Gasteiger partial charge is 0.507 e. The van der Waals surface area contributed by atoms with Crippen molar-refractivity contribution < 1.29 is 29.0 Å². The van der Waals surface area contributed by atoms with Crippen LogP contribution in [0.15, 0.2) is 60.7 Å². The fourth-order valence-corrected chi connectivity index (χ4v) is 3.99. The molecule has 1 aliphatic heterocycles. The van der Waals surface area contributed by atoms with Gasteiger partial charge in [-0.1, -0.05) is 35.9 Å². The lowest BCUT2D eigenvalue weighted by Crippen LogP contribution is -2.28. The van der Waals surface area contributed by atoms with Crippen molar-refractivity contribution in [1.29, 1.82) is 0 Å². The Labute approximate surface area is 207 Å². The summed E-state index contributed by atoms with van der Waals surface area (Å²) in [5.74, 6) is -1.93. The summed E-state index contributed by atoms with van der Waals surface area (Å²) in [6.45, 7) is 2.32. The molecule has 2 N–H and O–H groups in total. The molecule has 0 aliphatic carbocycles. The number of rotatable bonds is 6. The van der Waals surface area contributed by atoms with Crippen LogP contribution in [0.3, 0.4) is 0 Å². The van der Waals surface area contributed by atoms with Gasteiger partial charge in [0.2, 0.25) is 0 Å². The second kappa shape index (κ2) is 10.5. The summed E-state index contributed by atoms with van der Waals surface area (Å²) in [5, 5.41) is 13.1. The van der Waals surface area contributed by atoms with Gasteiger partial charge >= 0.3 is 11.9 Å². The molecular weight excluding hydrogens is 472 g/mol. The first kappa shape index (κ1) is 24.1. The van der Waals surface area contributed by atoms with Crippen LogP contribution < -0.4 is 15.0 Å². The van der Waals surface area contributed by atoms with Crippen molar-refractivity contribution in [2.45, 2.75) is 20.0 Å². The average molecular weight is 495 g/mol.